The first kappa shape index (κ1) is 12.2. The van der Waals surface area contributed by atoms with Crippen LogP contribution in [0.15, 0.2) is 18.3 Å². The van der Waals surface area contributed by atoms with Crippen LogP contribution in [0.1, 0.15) is 6.42 Å². The summed E-state index contributed by atoms with van der Waals surface area (Å²) in [7, 11) is 1.62. The van der Waals surface area contributed by atoms with Gasteiger partial charge in [0, 0.05) is 13.7 Å². The molecule has 1 aromatic heterocycles. The van der Waals surface area contributed by atoms with E-state index in [1.165, 1.54) is 12.3 Å². The molecular weight excluding hydrogens is 219 g/mol. The molecule has 1 atom stereocenters. The van der Waals surface area contributed by atoms with Crippen molar-refractivity contribution in [2.75, 3.05) is 25.6 Å². The van der Waals surface area contributed by atoms with Gasteiger partial charge in [0.05, 0.1) is 18.2 Å². The fraction of sp³-hybridized carbons (Fsp3) is 0.500. The van der Waals surface area contributed by atoms with Crippen LogP contribution in [-0.2, 0) is 4.74 Å². The van der Waals surface area contributed by atoms with Crippen molar-refractivity contribution in [3.05, 3.63) is 24.1 Å². The Balaban J connectivity index is 2.22. The number of methoxy groups -OCH3 is 1. The summed E-state index contributed by atoms with van der Waals surface area (Å²) in [5, 5.41) is 3.03. The van der Waals surface area contributed by atoms with Crippen LogP contribution in [0.4, 0.5) is 10.2 Å². The summed E-state index contributed by atoms with van der Waals surface area (Å²) >= 11 is 5.93. The number of anilines is 1. The van der Waals surface area contributed by atoms with Crippen molar-refractivity contribution in [2.24, 2.45) is 0 Å². The third-order valence-electron chi connectivity index (χ3n) is 1.84. The second-order valence-electron chi connectivity index (χ2n) is 3.13. The Morgan fingerprint density at radius 1 is 1.60 bits per heavy atom. The van der Waals surface area contributed by atoms with Crippen LogP contribution in [0.5, 0.6) is 0 Å². The Kier molecular flexibility index (Phi) is 5.36. The molecule has 0 bridgehead atoms. The van der Waals surface area contributed by atoms with Crippen LogP contribution in [0.3, 0.4) is 0 Å². The van der Waals surface area contributed by atoms with E-state index in [2.05, 4.69) is 10.3 Å². The van der Waals surface area contributed by atoms with Crippen molar-refractivity contribution < 1.29 is 9.13 Å². The molecule has 1 aromatic rings. The van der Waals surface area contributed by atoms with Gasteiger partial charge >= 0.3 is 0 Å². The van der Waals surface area contributed by atoms with E-state index in [4.69, 9.17) is 16.3 Å². The van der Waals surface area contributed by atoms with E-state index < -0.39 is 0 Å². The number of alkyl halides is 1. The predicted molar refractivity (Wildman–Crippen MR) is 58.8 cm³/mol. The maximum atomic E-state index is 12.5. The predicted octanol–water partition coefficient (Wildman–Crippen LogP) is 2.28. The summed E-state index contributed by atoms with van der Waals surface area (Å²) in [6.07, 6.45) is 1.95. The Labute approximate surface area is 93.6 Å². The van der Waals surface area contributed by atoms with Crippen LogP contribution >= 0.6 is 11.6 Å². The molecule has 0 amide bonds. The second-order valence-corrected chi connectivity index (χ2v) is 3.75. The zero-order valence-electron chi connectivity index (χ0n) is 8.54. The molecule has 5 heteroatoms. The summed E-state index contributed by atoms with van der Waals surface area (Å²) in [5.74, 6) is 0.313. The van der Waals surface area contributed by atoms with E-state index in [9.17, 15) is 4.39 Å². The lowest BCUT2D eigenvalue weighted by Gasteiger charge is -2.09. The van der Waals surface area contributed by atoms with Crippen LogP contribution in [0, 0.1) is 5.82 Å². The quantitative estimate of drug-likeness (QED) is 0.765. The number of hydrogen-bond donors (Lipinski definition) is 1. The van der Waals surface area contributed by atoms with Gasteiger partial charge in [0.1, 0.15) is 11.6 Å². The Bertz CT molecular complexity index is 281. The third-order valence-corrected chi connectivity index (χ3v) is 2.18. The van der Waals surface area contributed by atoms with Crippen molar-refractivity contribution in [2.45, 2.75) is 11.8 Å². The molecule has 0 aliphatic rings. The highest BCUT2D eigenvalue weighted by molar-refractivity contribution is 6.20. The van der Waals surface area contributed by atoms with Crippen LogP contribution < -0.4 is 5.32 Å². The van der Waals surface area contributed by atoms with Gasteiger partial charge in [-0.2, -0.15) is 0 Å². The number of nitrogens with zero attached hydrogens (tertiary/aromatic N) is 1. The van der Waals surface area contributed by atoms with E-state index in [0.717, 1.165) is 6.42 Å². The highest BCUT2D eigenvalue weighted by Crippen LogP contribution is 2.06. The van der Waals surface area contributed by atoms with Gasteiger partial charge in [-0.05, 0) is 18.6 Å². The number of pyridine rings is 1. The first-order chi connectivity index (χ1) is 7.22. The highest BCUT2D eigenvalue weighted by Gasteiger charge is 2.03. The lowest BCUT2D eigenvalue weighted by Crippen LogP contribution is -2.13. The van der Waals surface area contributed by atoms with Crippen molar-refractivity contribution in [1.29, 1.82) is 0 Å². The summed E-state index contributed by atoms with van der Waals surface area (Å²) in [6.45, 7) is 1.22. The molecule has 84 valence electrons. The number of hydrogen-bond acceptors (Lipinski definition) is 3. The summed E-state index contributed by atoms with van der Waals surface area (Å²) in [5.41, 5.74) is 0. The summed E-state index contributed by atoms with van der Waals surface area (Å²) in [4.78, 5) is 3.86. The fourth-order valence-electron chi connectivity index (χ4n) is 1.10. The molecule has 3 nitrogen and oxygen atoms in total. The number of ether oxygens (including phenoxy) is 1. The van der Waals surface area contributed by atoms with Crippen molar-refractivity contribution in [3.63, 3.8) is 0 Å². The minimum absolute atomic E-state index is 0.0112. The maximum absolute atomic E-state index is 12.5. The molecule has 1 heterocycles. The normalized spacial score (nSPS) is 12.5. The lowest BCUT2D eigenvalue weighted by atomic mass is 10.3. The molecule has 0 aromatic carbocycles. The number of rotatable bonds is 6. The van der Waals surface area contributed by atoms with Gasteiger partial charge in [-0.1, -0.05) is 0 Å². The number of halogens is 2. The maximum Gasteiger partial charge on any atom is 0.141 e. The first-order valence-electron chi connectivity index (χ1n) is 4.71. The molecule has 0 aliphatic heterocycles. The van der Waals surface area contributed by atoms with Gasteiger partial charge in [-0.3, -0.25) is 0 Å². The molecule has 0 aliphatic carbocycles. The van der Waals surface area contributed by atoms with Crippen molar-refractivity contribution in [1.82, 2.24) is 4.98 Å². The van der Waals surface area contributed by atoms with E-state index in [1.54, 1.807) is 13.2 Å². The number of aromatic nitrogens is 1. The third kappa shape index (κ3) is 4.95. The summed E-state index contributed by atoms with van der Waals surface area (Å²) < 4.78 is 17.4. The zero-order chi connectivity index (χ0) is 11.1. The molecule has 0 fully saturated rings. The standard InChI is InChI=1S/C10H14ClFN2O/c1-15-7-8(11)4-5-13-10-3-2-9(12)6-14-10/h2-3,6,8H,4-5,7H2,1H3,(H,13,14). The molecule has 0 saturated carbocycles. The average Bonchev–Trinajstić information content (AvgIpc) is 2.21. The number of nitrogens with one attached hydrogen (secondary N) is 1. The summed E-state index contributed by atoms with van der Waals surface area (Å²) in [6, 6.07) is 2.96. The zero-order valence-corrected chi connectivity index (χ0v) is 9.30. The van der Waals surface area contributed by atoms with Crippen LogP contribution in [0.2, 0.25) is 0 Å². The molecule has 0 saturated heterocycles. The van der Waals surface area contributed by atoms with Crippen LogP contribution in [0.25, 0.3) is 0 Å². The molecule has 15 heavy (non-hydrogen) atoms. The second kappa shape index (κ2) is 6.58. The van der Waals surface area contributed by atoms with Crippen molar-refractivity contribution in [3.8, 4) is 0 Å². The minimum atomic E-state index is -0.338. The van der Waals surface area contributed by atoms with E-state index in [-0.39, 0.29) is 11.2 Å². The molecule has 1 unspecified atom stereocenters. The Morgan fingerprint density at radius 2 is 2.40 bits per heavy atom. The van der Waals surface area contributed by atoms with Crippen molar-refractivity contribution >= 4 is 17.4 Å². The van der Waals surface area contributed by atoms with Gasteiger partial charge in [-0.15, -0.1) is 11.6 Å². The minimum Gasteiger partial charge on any atom is -0.383 e. The molecular formula is C10H14ClFN2O. The smallest absolute Gasteiger partial charge is 0.141 e. The SMILES string of the molecule is COCC(Cl)CCNc1ccc(F)cn1. The Morgan fingerprint density at radius 3 is 3.00 bits per heavy atom. The molecule has 0 radical (unpaired) electrons. The average molecular weight is 233 g/mol. The van der Waals surface area contributed by atoms with Gasteiger partial charge in [0.2, 0.25) is 0 Å². The van der Waals surface area contributed by atoms with Gasteiger partial charge in [0.25, 0.3) is 0 Å². The molecule has 1 N–H and O–H groups in total. The first-order valence-corrected chi connectivity index (χ1v) is 5.14. The Hall–Kier alpha value is -0.870. The largest absolute Gasteiger partial charge is 0.383 e. The van der Waals surface area contributed by atoms with Gasteiger partial charge in [0.15, 0.2) is 0 Å². The van der Waals surface area contributed by atoms with E-state index in [0.29, 0.717) is 19.0 Å². The van der Waals surface area contributed by atoms with Gasteiger partial charge in [-0.25, -0.2) is 9.37 Å². The molecule has 1 rings (SSSR count). The fourth-order valence-corrected chi connectivity index (χ4v) is 1.34. The van der Waals surface area contributed by atoms with Crippen LogP contribution in [-0.4, -0.2) is 30.6 Å². The highest BCUT2D eigenvalue weighted by atomic mass is 35.5. The van der Waals surface area contributed by atoms with Gasteiger partial charge < -0.3 is 10.1 Å². The van der Waals surface area contributed by atoms with E-state index in [1.807, 2.05) is 0 Å². The topological polar surface area (TPSA) is 34.1 Å². The molecule has 0 spiro atoms. The lowest BCUT2D eigenvalue weighted by molar-refractivity contribution is 0.196. The van der Waals surface area contributed by atoms with E-state index >= 15 is 0 Å². The monoisotopic (exact) mass is 232 g/mol.